The van der Waals surface area contributed by atoms with Gasteiger partial charge in [-0.15, -0.1) is 0 Å². The van der Waals surface area contributed by atoms with Crippen LogP contribution in [0.1, 0.15) is 49.4 Å². The number of carbonyl (C=O) groups excluding carboxylic acids is 1. The molecule has 0 bridgehead atoms. The average molecular weight is 289 g/mol. The zero-order valence-corrected chi connectivity index (χ0v) is 12.1. The van der Waals surface area contributed by atoms with Crippen molar-refractivity contribution in [1.29, 1.82) is 0 Å². The van der Waals surface area contributed by atoms with Gasteiger partial charge < -0.3 is 4.74 Å². The van der Waals surface area contributed by atoms with Crippen molar-refractivity contribution in [1.82, 2.24) is 0 Å². The molecule has 4 heteroatoms. The van der Waals surface area contributed by atoms with E-state index in [1.807, 2.05) is 0 Å². The monoisotopic (exact) mass is 288 g/mol. The van der Waals surface area contributed by atoms with Crippen LogP contribution in [0.5, 0.6) is 0 Å². The molecule has 0 saturated carbocycles. The fraction of sp³-hybridized carbons (Fsp3) is 0.500. The van der Waals surface area contributed by atoms with Crippen molar-refractivity contribution in [3.05, 3.63) is 33.8 Å². The minimum Gasteiger partial charge on any atom is -0.462 e. The summed E-state index contributed by atoms with van der Waals surface area (Å²) in [4.78, 5) is 11.7. The Hall–Kier alpha value is -0.730. The highest BCUT2D eigenvalue weighted by Gasteiger charge is 2.08. The van der Waals surface area contributed by atoms with Crippen molar-refractivity contribution < 1.29 is 9.53 Å². The summed E-state index contributed by atoms with van der Waals surface area (Å²) in [5.41, 5.74) is 0.443. The Kier molecular flexibility index (Phi) is 7.14. The first-order valence-electron chi connectivity index (χ1n) is 6.27. The number of rotatable bonds is 7. The minimum absolute atomic E-state index is 0.343. The lowest BCUT2D eigenvalue weighted by atomic mass is 10.2. The lowest BCUT2D eigenvalue weighted by Gasteiger charge is -2.05. The van der Waals surface area contributed by atoms with E-state index in [4.69, 9.17) is 27.9 Å². The number of ether oxygens (including phenoxy) is 1. The smallest absolute Gasteiger partial charge is 0.338 e. The summed E-state index contributed by atoms with van der Waals surface area (Å²) in [6.45, 7) is 2.63. The number of unbranched alkanes of at least 4 members (excludes halogenated alkanes) is 4. The summed E-state index contributed by atoms with van der Waals surface area (Å²) in [5.74, 6) is -0.343. The number of hydrogen-bond acceptors (Lipinski definition) is 2. The van der Waals surface area contributed by atoms with Gasteiger partial charge >= 0.3 is 5.97 Å². The molecular weight excluding hydrogens is 271 g/mol. The second-order valence-electron chi connectivity index (χ2n) is 4.18. The van der Waals surface area contributed by atoms with Gasteiger partial charge in [0.2, 0.25) is 0 Å². The molecule has 1 aromatic carbocycles. The molecule has 18 heavy (non-hydrogen) atoms. The van der Waals surface area contributed by atoms with Crippen LogP contribution in [0.4, 0.5) is 0 Å². The first-order chi connectivity index (χ1) is 8.65. The third-order valence-corrected chi connectivity index (χ3v) is 3.38. The molecule has 0 radical (unpaired) electrons. The molecule has 1 aromatic rings. The molecule has 0 aliphatic carbocycles. The number of hydrogen-bond donors (Lipinski definition) is 0. The molecule has 0 atom stereocenters. The Balaban J connectivity index is 2.30. The van der Waals surface area contributed by atoms with Gasteiger partial charge in [-0.05, 0) is 24.6 Å². The van der Waals surface area contributed by atoms with E-state index in [1.165, 1.54) is 25.3 Å². The van der Waals surface area contributed by atoms with Gasteiger partial charge in [0.05, 0.1) is 22.2 Å². The first-order valence-corrected chi connectivity index (χ1v) is 7.03. The second-order valence-corrected chi connectivity index (χ2v) is 4.99. The van der Waals surface area contributed by atoms with Crippen LogP contribution in [0.15, 0.2) is 18.2 Å². The van der Waals surface area contributed by atoms with Crippen LogP contribution in [0.3, 0.4) is 0 Å². The molecule has 0 heterocycles. The predicted octanol–water partition coefficient (Wildman–Crippen LogP) is 5.12. The van der Waals surface area contributed by atoms with Crippen molar-refractivity contribution in [2.75, 3.05) is 6.61 Å². The van der Waals surface area contributed by atoms with Crippen LogP contribution in [0.2, 0.25) is 10.0 Å². The van der Waals surface area contributed by atoms with Gasteiger partial charge in [0.15, 0.2) is 0 Å². The maximum atomic E-state index is 11.7. The van der Waals surface area contributed by atoms with Gasteiger partial charge in [-0.3, -0.25) is 0 Å². The Morgan fingerprint density at radius 2 is 1.83 bits per heavy atom. The third kappa shape index (κ3) is 5.28. The molecule has 0 saturated heterocycles. The van der Waals surface area contributed by atoms with E-state index in [2.05, 4.69) is 6.92 Å². The van der Waals surface area contributed by atoms with Gasteiger partial charge in [-0.1, -0.05) is 55.8 Å². The van der Waals surface area contributed by atoms with E-state index < -0.39 is 0 Å². The maximum absolute atomic E-state index is 11.7. The van der Waals surface area contributed by atoms with E-state index >= 15 is 0 Å². The quantitative estimate of drug-likeness (QED) is 0.514. The van der Waals surface area contributed by atoms with Crippen molar-refractivity contribution in [3.63, 3.8) is 0 Å². The van der Waals surface area contributed by atoms with E-state index in [1.54, 1.807) is 12.1 Å². The standard InChI is InChI=1S/C14H18Cl2O2/c1-2-3-4-5-6-9-18-14(17)11-7-8-12(15)13(16)10-11/h7-8,10H,2-6,9H2,1H3. The van der Waals surface area contributed by atoms with Crippen molar-refractivity contribution in [3.8, 4) is 0 Å². The van der Waals surface area contributed by atoms with Crippen molar-refractivity contribution in [2.24, 2.45) is 0 Å². The fourth-order valence-electron chi connectivity index (χ4n) is 1.58. The molecular formula is C14H18Cl2O2. The summed E-state index contributed by atoms with van der Waals surface area (Å²) in [6, 6.07) is 4.75. The highest BCUT2D eigenvalue weighted by molar-refractivity contribution is 6.42. The molecule has 0 aliphatic heterocycles. The Bertz CT molecular complexity index is 391. The van der Waals surface area contributed by atoms with Gasteiger partial charge in [0.25, 0.3) is 0 Å². The van der Waals surface area contributed by atoms with Gasteiger partial charge in [0.1, 0.15) is 0 Å². The number of esters is 1. The highest BCUT2D eigenvalue weighted by Crippen LogP contribution is 2.22. The molecule has 0 N–H and O–H groups in total. The normalized spacial score (nSPS) is 10.4. The molecule has 0 aromatic heterocycles. The largest absolute Gasteiger partial charge is 0.462 e. The van der Waals surface area contributed by atoms with Crippen molar-refractivity contribution in [2.45, 2.75) is 39.0 Å². The van der Waals surface area contributed by atoms with E-state index in [0.29, 0.717) is 22.2 Å². The van der Waals surface area contributed by atoms with Crippen LogP contribution >= 0.6 is 23.2 Å². The van der Waals surface area contributed by atoms with Crippen LogP contribution in [0, 0.1) is 0 Å². The molecule has 0 unspecified atom stereocenters. The van der Waals surface area contributed by atoms with Gasteiger partial charge in [-0.2, -0.15) is 0 Å². The number of halogens is 2. The summed E-state index contributed by atoms with van der Waals surface area (Å²) in [6.07, 6.45) is 5.65. The Morgan fingerprint density at radius 1 is 1.11 bits per heavy atom. The first kappa shape index (κ1) is 15.3. The van der Waals surface area contributed by atoms with Crippen LogP contribution in [-0.2, 0) is 4.74 Å². The van der Waals surface area contributed by atoms with Crippen LogP contribution in [0.25, 0.3) is 0 Å². The molecule has 100 valence electrons. The lowest BCUT2D eigenvalue weighted by Crippen LogP contribution is -2.06. The van der Waals surface area contributed by atoms with Crippen molar-refractivity contribution >= 4 is 29.2 Å². The van der Waals surface area contributed by atoms with E-state index in [-0.39, 0.29) is 5.97 Å². The van der Waals surface area contributed by atoms with Crippen LogP contribution < -0.4 is 0 Å². The summed E-state index contributed by atoms with van der Waals surface area (Å²) in [5, 5.41) is 0.807. The highest BCUT2D eigenvalue weighted by atomic mass is 35.5. The number of benzene rings is 1. The zero-order valence-electron chi connectivity index (χ0n) is 10.5. The zero-order chi connectivity index (χ0) is 13.4. The SMILES string of the molecule is CCCCCCCOC(=O)c1ccc(Cl)c(Cl)c1. The van der Waals surface area contributed by atoms with Gasteiger partial charge in [-0.25, -0.2) is 4.79 Å². The van der Waals surface area contributed by atoms with E-state index in [0.717, 1.165) is 12.8 Å². The Labute approximate surface area is 118 Å². The van der Waals surface area contributed by atoms with E-state index in [9.17, 15) is 4.79 Å². The molecule has 2 nitrogen and oxygen atoms in total. The maximum Gasteiger partial charge on any atom is 0.338 e. The minimum atomic E-state index is -0.343. The molecule has 0 fully saturated rings. The lowest BCUT2D eigenvalue weighted by molar-refractivity contribution is 0.0497. The summed E-state index contributed by atoms with van der Waals surface area (Å²) in [7, 11) is 0. The molecule has 0 spiro atoms. The second kappa shape index (κ2) is 8.39. The molecule has 1 rings (SSSR count). The van der Waals surface area contributed by atoms with Crippen LogP contribution in [-0.4, -0.2) is 12.6 Å². The third-order valence-electron chi connectivity index (χ3n) is 2.64. The summed E-state index contributed by atoms with van der Waals surface area (Å²) < 4.78 is 5.16. The van der Waals surface area contributed by atoms with Gasteiger partial charge in [0, 0.05) is 0 Å². The topological polar surface area (TPSA) is 26.3 Å². The summed E-state index contributed by atoms with van der Waals surface area (Å²) >= 11 is 11.6. The predicted molar refractivity (Wildman–Crippen MR) is 75.5 cm³/mol. The average Bonchev–Trinajstić information content (AvgIpc) is 2.36. The molecule has 0 amide bonds. The Morgan fingerprint density at radius 3 is 2.50 bits per heavy atom. The fourth-order valence-corrected chi connectivity index (χ4v) is 1.88. The molecule has 0 aliphatic rings. The number of carbonyl (C=O) groups is 1.